The molecule has 2 atom stereocenters. The van der Waals surface area contributed by atoms with Gasteiger partial charge in [-0.2, -0.15) is 11.8 Å². The van der Waals surface area contributed by atoms with Gasteiger partial charge in [0, 0.05) is 17.5 Å². The van der Waals surface area contributed by atoms with E-state index in [9.17, 15) is 0 Å². The third-order valence-electron chi connectivity index (χ3n) is 3.99. The van der Waals surface area contributed by atoms with Gasteiger partial charge in [0.1, 0.15) is 0 Å². The standard InChI is InChI=1S/C14H19N3S2/c1-9-7-10-13(15-8-9)17(14(18)16-10)11-5-3-4-6-12(11)19-2/h7-8,11-12H,3-6H2,1-2H3,(H,16,18). The summed E-state index contributed by atoms with van der Waals surface area (Å²) in [5.74, 6) is 0. The summed E-state index contributed by atoms with van der Waals surface area (Å²) in [4.78, 5) is 7.92. The number of fused-ring (bicyclic) bond motifs is 1. The number of hydrogen-bond donors (Lipinski definition) is 1. The molecule has 0 aromatic carbocycles. The number of H-pyrrole nitrogens is 1. The topological polar surface area (TPSA) is 33.6 Å². The SMILES string of the molecule is CSC1CCCCC1n1c(=S)[nH]c2cc(C)cnc21. The van der Waals surface area contributed by atoms with E-state index in [0.29, 0.717) is 11.3 Å². The lowest BCUT2D eigenvalue weighted by Crippen LogP contribution is -2.25. The Bertz CT molecular complexity index is 644. The maximum absolute atomic E-state index is 5.54. The lowest BCUT2D eigenvalue weighted by atomic mass is 9.94. The molecule has 2 aromatic heterocycles. The zero-order valence-electron chi connectivity index (χ0n) is 11.3. The quantitative estimate of drug-likeness (QED) is 0.840. The molecule has 1 aliphatic carbocycles. The van der Waals surface area contributed by atoms with E-state index in [4.69, 9.17) is 12.2 Å². The van der Waals surface area contributed by atoms with E-state index in [1.165, 1.54) is 31.2 Å². The second-order valence-electron chi connectivity index (χ2n) is 5.31. The molecule has 0 saturated heterocycles. The van der Waals surface area contributed by atoms with Crippen LogP contribution in [0.2, 0.25) is 0 Å². The van der Waals surface area contributed by atoms with Gasteiger partial charge in [0.25, 0.3) is 0 Å². The van der Waals surface area contributed by atoms with Crippen molar-refractivity contribution in [2.45, 2.75) is 43.9 Å². The number of rotatable bonds is 2. The van der Waals surface area contributed by atoms with Crippen LogP contribution in [0.4, 0.5) is 0 Å². The van der Waals surface area contributed by atoms with Crippen LogP contribution in [-0.2, 0) is 0 Å². The van der Waals surface area contributed by atoms with E-state index in [-0.39, 0.29) is 0 Å². The predicted octanol–water partition coefficient (Wildman–Crippen LogP) is 4.25. The van der Waals surface area contributed by atoms with E-state index >= 15 is 0 Å². The largest absolute Gasteiger partial charge is 0.329 e. The van der Waals surface area contributed by atoms with Gasteiger partial charge in [-0.3, -0.25) is 4.57 Å². The number of thioether (sulfide) groups is 1. The molecule has 1 N–H and O–H groups in total. The van der Waals surface area contributed by atoms with Gasteiger partial charge in [0.15, 0.2) is 10.4 Å². The van der Waals surface area contributed by atoms with Crippen molar-refractivity contribution in [1.82, 2.24) is 14.5 Å². The average Bonchev–Trinajstić information content (AvgIpc) is 2.73. The van der Waals surface area contributed by atoms with Crippen LogP contribution in [0.5, 0.6) is 0 Å². The second-order valence-corrected chi connectivity index (χ2v) is 6.77. The number of pyridine rings is 1. The van der Waals surface area contributed by atoms with E-state index in [1.807, 2.05) is 18.0 Å². The Morgan fingerprint density at radius 1 is 1.42 bits per heavy atom. The molecule has 1 saturated carbocycles. The van der Waals surface area contributed by atoms with Crippen LogP contribution >= 0.6 is 24.0 Å². The molecule has 5 heteroatoms. The van der Waals surface area contributed by atoms with E-state index in [0.717, 1.165) is 15.9 Å². The van der Waals surface area contributed by atoms with Crippen molar-refractivity contribution in [1.29, 1.82) is 0 Å². The first kappa shape index (κ1) is 13.2. The number of aromatic amines is 1. The van der Waals surface area contributed by atoms with Crippen LogP contribution in [-0.4, -0.2) is 26.0 Å². The Morgan fingerprint density at radius 3 is 3.00 bits per heavy atom. The minimum atomic E-state index is 0.486. The predicted molar refractivity (Wildman–Crippen MR) is 84.5 cm³/mol. The van der Waals surface area contributed by atoms with E-state index < -0.39 is 0 Å². The molecule has 0 amide bonds. The van der Waals surface area contributed by atoms with E-state index in [2.05, 4.69) is 33.8 Å². The van der Waals surface area contributed by atoms with Crippen molar-refractivity contribution in [3.63, 3.8) is 0 Å². The third-order valence-corrected chi connectivity index (χ3v) is 5.45. The molecule has 2 aromatic rings. The molecule has 0 aliphatic heterocycles. The number of aromatic nitrogens is 3. The lowest BCUT2D eigenvalue weighted by Gasteiger charge is -2.31. The maximum atomic E-state index is 5.54. The smallest absolute Gasteiger partial charge is 0.179 e. The fourth-order valence-corrected chi connectivity index (χ4v) is 4.38. The van der Waals surface area contributed by atoms with Crippen molar-refractivity contribution >= 4 is 35.1 Å². The number of imidazole rings is 1. The van der Waals surface area contributed by atoms with Gasteiger partial charge < -0.3 is 4.98 Å². The monoisotopic (exact) mass is 293 g/mol. The highest BCUT2D eigenvalue weighted by atomic mass is 32.2. The molecule has 0 radical (unpaired) electrons. The summed E-state index contributed by atoms with van der Waals surface area (Å²) in [7, 11) is 0. The first-order valence-electron chi connectivity index (χ1n) is 6.80. The van der Waals surface area contributed by atoms with Crippen LogP contribution in [0.3, 0.4) is 0 Å². The normalized spacial score (nSPS) is 23.9. The summed E-state index contributed by atoms with van der Waals surface area (Å²) in [5.41, 5.74) is 3.25. The summed E-state index contributed by atoms with van der Waals surface area (Å²) in [6.07, 6.45) is 9.26. The Labute approximate surface area is 122 Å². The second kappa shape index (κ2) is 5.29. The van der Waals surface area contributed by atoms with Crippen molar-refractivity contribution in [2.75, 3.05) is 6.26 Å². The highest BCUT2D eigenvalue weighted by Crippen LogP contribution is 2.37. The molecular formula is C14H19N3S2. The first-order valence-corrected chi connectivity index (χ1v) is 8.50. The van der Waals surface area contributed by atoms with Crippen molar-refractivity contribution in [3.05, 3.63) is 22.6 Å². The fourth-order valence-electron chi connectivity index (χ4n) is 3.07. The average molecular weight is 293 g/mol. The molecule has 1 fully saturated rings. The summed E-state index contributed by atoms with van der Waals surface area (Å²) >= 11 is 7.50. The summed E-state index contributed by atoms with van der Waals surface area (Å²) in [6, 6.07) is 2.62. The van der Waals surface area contributed by atoms with Crippen LogP contribution in [0.1, 0.15) is 37.3 Å². The first-order chi connectivity index (χ1) is 9.20. The molecule has 2 heterocycles. The van der Waals surface area contributed by atoms with Gasteiger partial charge in [-0.15, -0.1) is 0 Å². The Balaban J connectivity index is 2.13. The van der Waals surface area contributed by atoms with Crippen LogP contribution in [0, 0.1) is 11.7 Å². The summed E-state index contributed by atoms with van der Waals surface area (Å²) < 4.78 is 3.07. The summed E-state index contributed by atoms with van der Waals surface area (Å²) in [6.45, 7) is 2.06. The number of hydrogen-bond acceptors (Lipinski definition) is 3. The van der Waals surface area contributed by atoms with Crippen molar-refractivity contribution < 1.29 is 0 Å². The third kappa shape index (κ3) is 2.34. The highest BCUT2D eigenvalue weighted by Gasteiger charge is 2.27. The van der Waals surface area contributed by atoms with Crippen LogP contribution in [0.25, 0.3) is 11.2 Å². The molecule has 0 bridgehead atoms. The minimum absolute atomic E-state index is 0.486. The molecule has 2 unspecified atom stereocenters. The summed E-state index contributed by atoms with van der Waals surface area (Å²) in [5, 5.41) is 0.655. The van der Waals surface area contributed by atoms with Crippen LogP contribution in [0.15, 0.2) is 12.3 Å². The van der Waals surface area contributed by atoms with Crippen LogP contribution < -0.4 is 0 Å². The Hall–Kier alpha value is -0.810. The molecule has 3 rings (SSSR count). The maximum Gasteiger partial charge on any atom is 0.179 e. The van der Waals surface area contributed by atoms with Crippen molar-refractivity contribution in [3.8, 4) is 0 Å². The molecule has 3 nitrogen and oxygen atoms in total. The number of nitrogens with one attached hydrogen (secondary N) is 1. The van der Waals surface area contributed by atoms with Crippen molar-refractivity contribution in [2.24, 2.45) is 0 Å². The number of nitrogens with zero attached hydrogens (tertiary/aromatic N) is 2. The van der Waals surface area contributed by atoms with Gasteiger partial charge in [-0.1, -0.05) is 12.8 Å². The highest BCUT2D eigenvalue weighted by molar-refractivity contribution is 7.99. The van der Waals surface area contributed by atoms with Gasteiger partial charge in [-0.05, 0) is 49.9 Å². The molecule has 1 aliphatic rings. The molecule has 19 heavy (non-hydrogen) atoms. The van der Waals surface area contributed by atoms with Gasteiger partial charge in [0.05, 0.1) is 5.52 Å². The van der Waals surface area contributed by atoms with E-state index in [1.54, 1.807) is 0 Å². The Kier molecular flexibility index (Phi) is 3.67. The molecule has 102 valence electrons. The zero-order chi connectivity index (χ0) is 13.4. The Morgan fingerprint density at radius 2 is 2.21 bits per heavy atom. The fraction of sp³-hybridized carbons (Fsp3) is 0.571. The molecule has 0 spiro atoms. The van der Waals surface area contributed by atoms with Gasteiger partial charge >= 0.3 is 0 Å². The minimum Gasteiger partial charge on any atom is -0.329 e. The molecular weight excluding hydrogens is 274 g/mol. The zero-order valence-corrected chi connectivity index (χ0v) is 13.0. The lowest BCUT2D eigenvalue weighted by molar-refractivity contribution is 0.367. The number of aryl methyl sites for hydroxylation is 1. The van der Waals surface area contributed by atoms with Gasteiger partial charge in [-0.25, -0.2) is 4.98 Å². The van der Waals surface area contributed by atoms with Gasteiger partial charge in [0.2, 0.25) is 0 Å².